The van der Waals surface area contributed by atoms with Crippen molar-refractivity contribution in [3.05, 3.63) is 0 Å². The number of carbonyl (C=O) groups excluding carboxylic acids is 1. The highest BCUT2D eigenvalue weighted by molar-refractivity contribution is 5.80. The Labute approximate surface area is 99.4 Å². The van der Waals surface area contributed by atoms with Crippen molar-refractivity contribution < 1.29 is 4.79 Å². The fraction of sp³-hybridized carbons (Fsp3) is 0.929. The maximum Gasteiger partial charge on any atom is 0.226 e. The Balaban J connectivity index is 2.03. The minimum Gasteiger partial charge on any atom is -0.337 e. The molecule has 0 aromatic carbocycles. The van der Waals surface area contributed by atoms with Crippen LogP contribution in [-0.4, -0.2) is 22.9 Å². The highest BCUT2D eigenvalue weighted by Gasteiger charge is 2.39. The standard InChI is InChI=1S/C14H25NO/c1-10(2)11(3)15(13-8-9-13)14(16)12-6-4-5-7-12/h10-13H,4-9H2,1-3H3/t11-/m0/s1. The number of nitrogens with zero attached hydrogens (tertiary/aromatic N) is 1. The van der Waals surface area contributed by atoms with E-state index in [2.05, 4.69) is 25.7 Å². The molecule has 0 aromatic rings. The molecule has 0 bridgehead atoms. The summed E-state index contributed by atoms with van der Waals surface area (Å²) in [5.74, 6) is 1.38. The average Bonchev–Trinajstić information content (AvgIpc) is 2.93. The summed E-state index contributed by atoms with van der Waals surface area (Å²) in [7, 11) is 0. The van der Waals surface area contributed by atoms with E-state index in [0.717, 1.165) is 12.8 Å². The Morgan fingerprint density at radius 2 is 1.62 bits per heavy atom. The summed E-state index contributed by atoms with van der Waals surface area (Å²) in [5.41, 5.74) is 0. The predicted octanol–water partition coefficient (Wildman–Crippen LogP) is 3.21. The predicted molar refractivity (Wildman–Crippen MR) is 66.1 cm³/mol. The quantitative estimate of drug-likeness (QED) is 0.716. The van der Waals surface area contributed by atoms with Crippen LogP contribution in [0.3, 0.4) is 0 Å². The van der Waals surface area contributed by atoms with Gasteiger partial charge in [-0.1, -0.05) is 26.7 Å². The van der Waals surface area contributed by atoms with Gasteiger partial charge in [-0.15, -0.1) is 0 Å². The summed E-state index contributed by atoms with van der Waals surface area (Å²) in [4.78, 5) is 14.7. The van der Waals surface area contributed by atoms with E-state index < -0.39 is 0 Å². The van der Waals surface area contributed by atoms with E-state index in [4.69, 9.17) is 0 Å². The molecule has 2 aliphatic rings. The minimum absolute atomic E-state index is 0.349. The zero-order chi connectivity index (χ0) is 11.7. The Hall–Kier alpha value is -0.530. The molecule has 0 spiro atoms. The van der Waals surface area contributed by atoms with Gasteiger partial charge in [0.1, 0.15) is 0 Å². The molecule has 1 amide bonds. The van der Waals surface area contributed by atoms with E-state index in [1.807, 2.05) is 0 Å². The van der Waals surface area contributed by atoms with Crippen LogP contribution in [0.2, 0.25) is 0 Å². The molecule has 0 heterocycles. The van der Waals surface area contributed by atoms with Crippen molar-refractivity contribution in [3.8, 4) is 0 Å². The van der Waals surface area contributed by atoms with Crippen LogP contribution >= 0.6 is 0 Å². The molecule has 0 unspecified atom stereocenters. The van der Waals surface area contributed by atoms with Crippen LogP contribution in [0.5, 0.6) is 0 Å². The van der Waals surface area contributed by atoms with Crippen molar-refractivity contribution in [1.29, 1.82) is 0 Å². The normalized spacial score (nSPS) is 23.8. The molecule has 16 heavy (non-hydrogen) atoms. The molecule has 1 atom stereocenters. The van der Waals surface area contributed by atoms with Crippen LogP contribution in [0.25, 0.3) is 0 Å². The fourth-order valence-electron chi connectivity index (χ4n) is 2.77. The van der Waals surface area contributed by atoms with Crippen molar-refractivity contribution in [2.24, 2.45) is 11.8 Å². The lowest BCUT2D eigenvalue weighted by Gasteiger charge is -2.34. The maximum absolute atomic E-state index is 12.5. The molecule has 0 N–H and O–H groups in total. The molecule has 2 rings (SSSR count). The van der Waals surface area contributed by atoms with Crippen molar-refractivity contribution in [2.45, 2.75) is 71.4 Å². The Kier molecular flexibility index (Phi) is 3.56. The van der Waals surface area contributed by atoms with E-state index in [9.17, 15) is 4.79 Å². The molecule has 2 fully saturated rings. The fourth-order valence-corrected chi connectivity index (χ4v) is 2.77. The van der Waals surface area contributed by atoms with Gasteiger partial charge in [-0.05, 0) is 38.5 Å². The van der Waals surface area contributed by atoms with Gasteiger partial charge >= 0.3 is 0 Å². The van der Waals surface area contributed by atoms with Crippen molar-refractivity contribution in [2.75, 3.05) is 0 Å². The second-order valence-corrected chi connectivity index (χ2v) is 5.94. The maximum atomic E-state index is 12.5. The summed E-state index contributed by atoms with van der Waals surface area (Å²) in [6.45, 7) is 6.67. The summed E-state index contributed by atoms with van der Waals surface area (Å²) < 4.78 is 0. The molecule has 92 valence electrons. The zero-order valence-electron chi connectivity index (χ0n) is 10.9. The molecule has 0 aliphatic heterocycles. The number of rotatable bonds is 4. The molecular formula is C14H25NO. The van der Waals surface area contributed by atoms with E-state index in [1.165, 1.54) is 25.7 Å². The second kappa shape index (κ2) is 4.77. The Morgan fingerprint density at radius 1 is 1.06 bits per heavy atom. The van der Waals surface area contributed by atoms with Crippen LogP contribution in [-0.2, 0) is 4.79 Å². The summed E-state index contributed by atoms with van der Waals surface area (Å²) in [6.07, 6.45) is 7.24. The van der Waals surface area contributed by atoms with Crippen LogP contribution in [0.15, 0.2) is 0 Å². The molecule has 2 heteroatoms. The molecule has 2 aliphatic carbocycles. The van der Waals surface area contributed by atoms with Gasteiger partial charge in [0.15, 0.2) is 0 Å². The van der Waals surface area contributed by atoms with Gasteiger partial charge in [-0.2, -0.15) is 0 Å². The molecule has 2 saturated carbocycles. The third-order valence-electron chi connectivity index (χ3n) is 4.30. The first-order valence-electron chi connectivity index (χ1n) is 6.93. The first kappa shape index (κ1) is 11.9. The monoisotopic (exact) mass is 223 g/mol. The minimum atomic E-state index is 0.349. The third kappa shape index (κ3) is 2.41. The number of amides is 1. The molecule has 0 aromatic heterocycles. The Morgan fingerprint density at radius 3 is 2.06 bits per heavy atom. The van der Waals surface area contributed by atoms with E-state index >= 15 is 0 Å². The number of hydrogen-bond acceptors (Lipinski definition) is 1. The summed E-state index contributed by atoms with van der Waals surface area (Å²) >= 11 is 0. The van der Waals surface area contributed by atoms with Gasteiger partial charge in [0.05, 0.1) is 0 Å². The summed E-state index contributed by atoms with van der Waals surface area (Å²) in [5, 5.41) is 0. The van der Waals surface area contributed by atoms with E-state index in [0.29, 0.717) is 29.8 Å². The topological polar surface area (TPSA) is 20.3 Å². The van der Waals surface area contributed by atoms with E-state index in [-0.39, 0.29) is 0 Å². The zero-order valence-corrected chi connectivity index (χ0v) is 10.9. The SMILES string of the molecule is CC(C)[C@H](C)N(C(=O)C1CCCC1)C1CC1. The third-order valence-corrected chi connectivity index (χ3v) is 4.30. The largest absolute Gasteiger partial charge is 0.337 e. The second-order valence-electron chi connectivity index (χ2n) is 5.94. The van der Waals surface area contributed by atoms with Crippen LogP contribution in [0.4, 0.5) is 0 Å². The van der Waals surface area contributed by atoms with Crippen LogP contribution in [0.1, 0.15) is 59.3 Å². The van der Waals surface area contributed by atoms with Gasteiger partial charge in [0, 0.05) is 18.0 Å². The highest BCUT2D eigenvalue weighted by Crippen LogP contribution is 2.35. The smallest absolute Gasteiger partial charge is 0.226 e. The highest BCUT2D eigenvalue weighted by atomic mass is 16.2. The van der Waals surface area contributed by atoms with Gasteiger partial charge in [0.2, 0.25) is 5.91 Å². The lowest BCUT2D eigenvalue weighted by Crippen LogP contribution is -2.45. The first-order valence-corrected chi connectivity index (χ1v) is 6.93. The van der Waals surface area contributed by atoms with Crippen LogP contribution < -0.4 is 0 Å². The molecule has 0 saturated heterocycles. The lowest BCUT2D eigenvalue weighted by molar-refractivity contribution is -0.139. The van der Waals surface area contributed by atoms with Gasteiger partial charge in [-0.3, -0.25) is 4.79 Å². The lowest BCUT2D eigenvalue weighted by atomic mass is 10.00. The first-order chi connectivity index (χ1) is 7.61. The molecular weight excluding hydrogens is 198 g/mol. The van der Waals surface area contributed by atoms with Crippen molar-refractivity contribution >= 4 is 5.91 Å². The van der Waals surface area contributed by atoms with Gasteiger partial charge in [-0.25, -0.2) is 0 Å². The number of carbonyl (C=O) groups is 1. The number of hydrogen-bond donors (Lipinski definition) is 0. The van der Waals surface area contributed by atoms with Gasteiger partial charge in [0.25, 0.3) is 0 Å². The molecule has 0 radical (unpaired) electrons. The summed E-state index contributed by atoms with van der Waals surface area (Å²) in [6, 6.07) is 0.992. The van der Waals surface area contributed by atoms with Crippen LogP contribution in [0, 0.1) is 11.8 Å². The van der Waals surface area contributed by atoms with E-state index in [1.54, 1.807) is 0 Å². The average molecular weight is 223 g/mol. The van der Waals surface area contributed by atoms with Crippen molar-refractivity contribution in [3.63, 3.8) is 0 Å². The Bertz CT molecular complexity index is 251. The van der Waals surface area contributed by atoms with Gasteiger partial charge < -0.3 is 4.90 Å². The molecule has 2 nitrogen and oxygen atoms in total. The van der Waals surface area contributed by atoms with Crippen molar-refractivity contribution in [1.82, 2.24) is 4.90 Å².